The fourth-order valence-corrected chi connectivity index (χ4v) is 0.608. The molecule has 0 radical (unpaired) electrons. The van der Waals surface area contributed by atoms with Crippen LogP contribution in [0.4, 0.5) is 0 Å². The third-order valence-corrected chi connectivity index (χ3v) is 2.73. The maximum Gasteiger partial charge on any atom is 0.0697 e. The molecule has 0 spiro atoms. The quantitative estimate of drug-likeness (QED) is 0.661. The first-order chi connectivity index (χ1) is 5.31. The minimum absolute atomic E-state index is 0.111. The van der Waals surface area contributed by atoms with E-state index >= 15 is 0 Å². The molecule has 0 rings (SSSR count). The highest BCUT2D eigenvalue weighted by Gasteiger charge is 2.32. The van der Waals surface area contributed by atoms with Crippen molar-refractivity contribution < 1.29 is 9.84 Å². The van der Waals surface area contributed by atoms with E-state index in [-0.39, 0.29) is 17.4 Å². The second-order valence-corrected chi connectivity index (χ2v) is 4.91. The van der Waals surface area contributed by atoms with E-state index in [1.165, 1.54) is 0 Å². The fraction of sp³-hybridized carbons (Fsp3) is 1.00. The molecule has 0 fully saturated rings. The first kappa shape index (κ1) is 11.9. The standard InChI is InChI=1S/C10H22O2/c1-9(2,3)10(4,5)8-12-7-6-11/h11H,6-8H2,1-5H3. The predicted molar refractivity (Wildman–Crippen MR) is 51.1 cm³/mol. The normalized spacial score (nSPS) is 13.5. The Hall–Kier alpha value is -0.0800. The van der Waals surface area contributed by atoms with Crippen molar-refractivity contribution in [2.75, 3.05) is 19.8 Å². The van der Waals surface area contributed by atoms with E-state index in [0.29, 0.717) is 13.2 Å². The Kier molecular flexibility index (Phi) is 4.21. The summed E-state index contributed by atoms with van der Waals surface area (Å²) in [6.07, 6.45) is 0. The minimum atomic E-state index is 0.111. The van der Waals surface area contributed by atoms with Crippen LogP contribution in [0.5, 0.6) is 0 Å². The van der Waals surface area contributed by atoms with Gasteiger partial charge in [0.1, 0.15) is 0 Å². The monoisotopic (exact) mass is 174 g/mol. The van der Waals surface area contributed by atoms with Gasteiger partial charge in [0.15, 0.2) is 0 Å². The van der Waals surface area contributed by atoms with E-state index in [4.69, 9.17) is 9.84 Å². The zero-order chi connectivity index (χ0) is 9.83. The van der Waals surface area contributed by atoms with Crippen molar-refractivity contribution in [1.82, 2.24) is 0 Å². The minimum Gasteiger partial charge on any atom is -0.394 e. The molecule has 0 unspecified atom stereocenters. The molecule has 0 aliphatic rings. The van der Waals surface area contributed by atoms with Crippen molar-refractivity contribution in [1.29, 1.82) is 0 Å². The van der Waals surface area contributed by atoms with E-state index in [0.717, 1.165) is 0 Å². The molecule has 74 valence electrons. The molecule has 0 atom stereocenters. The summed E-state index contributed by atoms with van der Waals surface area (Å²) in [5.41, 5.74) is 0.393. The van der Waals surface area contributed by atoms with Crippen LogP contribution in [0.1, 0.15) is 34.6 Å². The molecule has 12 heavy (non-hydrogen) atoms. The molecular weight excluding hydrogens is 152 g/mol. The number of rotatable bonds is 4. The molecule has 0 aliphatic carbocycles. The lowest BCUT2D eigenvalue weighted by Gasteiger charge is -2.38. The Labute approximate surface area is 75.9 Å². The van der Waals surface area contributed by atoms with Crippen LogP contribution in [0.2, 0.25) is 0 Å². The van der Waals surface area contributed by atoms with Gasteiger partial charge in [0.05, 0.1) is 19.8 Å². The van der Waals surface area contributed by atoms with Gasteiger partial charge in [-0.2, -0.15) is 0 Å². The molecule has 2 heteroatoms. The van der Waals surface area contributed by atoms with Crippen LogP contribution in [0.15, 0.2) is 0 Å². The summed E-state index contributed by atoms with van der Waals surface area (Å²) in [5.74, 6) is 0. The first-order valence-corrected chi connectivity index (χ1v) is 4.50. The summed E-state index contributed by atoms with van der Waals surface area (Å²) in [6.45, 7) is 12.2. The average molecular weight is 174 g/mol. The molecule has 0 aromatic rings. The molecule has 0 heterocycles. The Morgan fingerprint density at radius 2 is 1.58 bits per heavy atom. The van der Waals surface area contributed by atoms with Crippen molar-refractivity contribution in [3.05, 3.63) is 0 Å². The summed E-state index contributed by atoms with van der Waals surface area (Å²) in [7, 11) is 0. The maximum atomic E-state index is 8.54. The van der Waals surface area contributed by atoms with E-state index in [2.05, 4.69) is 34.6 Å². The molecule has 0 saturated carbocycles. The van der Waals surface area contributed by atoms with Gasteiger partial charge in [0.2, 0.25) is 0 Å². The lowest BCUT2D eigenvalue weighted by molar-refractivity contribution is -0.0116. The van der Waals surface area contributed by atoms with Crippen LogP contribution in [0.3, 0.4) is 0 Å². The van der Waals surface area contributed by atoms with Crippen LogP contribution < -0.4 is 0 Å². The molecular formula is C10H22O2. The number of hydrogen-bond donors (Lipinski definition) is 1. The van der Waals surface area contributed by atoms with E-state index in [1.807, 2.05) is 0 Å². The number of aliphatic hydroxyl groups excluding tert-OH is 1. The molecule has 0 bridgehead atoms. The third-order valence-electron chi connectivity index (χ3n) is 2.73. The lowest BCUT2D eigenvalue weighted by atomic mass is 9.70. The zero-order valence-electron chi connectivity index (χ0n) is 8.98. The average Bonchev–Trinajstić information content (AvgIpc) is 1.85. The van der Waals surface area contributed by atoms with E-state index in [9.17, 15) is 0 Å². The zero-order valence-corrected chi connectivity index (χ0v) is 8.98. The van der Waals surface area contributed by atoms with Gasteiger partial charge in [-0.05, 0) is 10.8 Å². The van der Waals surface area contributed by atoms with Crippen LogP contribution in [-0.2, 0) is 4.74 Å². The Morgan fingerprint density at radius 1 is 1.08 bits per heavy atom. The van der Waals surface area contributed by atoms with Gasteiger partial charge >= 0.3 is 0 Å². The van der Waals surface area contributed by atoms with E-state index in [1.54, 1.807) is 0 Å². The van der Waals surface area contributed by atoms with Crippen LogP contribution in [0, 0.1) is 10.8 Å². The summed E-state index contributed by atoms with van der Waals surface area (Å²) in [4.78, 5) is 0. The highest BCUT2D eigenvalue weighted by molar-refractivity contribution is 4.81. The number of aliphatic hydroxyl groups is 1. The Morgan fingerprint density at radius 3 is 1.92 bits per heavy atom. The molecule has 0 aromatic heterocycles. The lowest BCUT2D eigenvalue weighted by Crippen LogP contribution is -2.34. The predicted octanol–water partition coefficient (Wildman–Crippen LogP) is 2.07. The van der Waals surface area contributed by atoms with Crippen molar-refractivity contribution in [3.8, 4) is 0 Å². The van der Waals surface area contributed by atoms with Gasteiger partial charge < -0.3 is 9.84 Å². The van der Waals surface area contributed by atoms with Crippen LogP contribution in [-0.4, -0.2) is 24.9 Å². The summed E-state index contributed by atoms with van der Waals surface area (Å²) in [6, 6.07) is 0. The Bertz CT molecular complexity index is 122. The first-order valence-electron chi connectivity index (χ1n) is 4.50. The molecule has 1 N–H and O–H groups in total. The van der Waals surface area contributed by atoms with Crippen molar-refractivity contribution in [2.24, 2.45) is 10.8 Å². The number of hydrogen-bond acceptors (Lipinski definition) is 2. The second-order valence-electron chi connectivity index (χ2n) is 4.91. The van der Waals surface area contributed by atoms with Crippen LogP contribution >= 0.6 is 0 Å². The van der Waals surface area contributed by atoms with Crippen molar-refractivity contribution in [3.63, 3.8) is 0 Å². The molecule has 2 nitrogen and oxygen atoms in total. The van der Waals surface area contributed by atoms with Crippen LogP contribution in [0.25, 0.3) is 0 Å². The summed E-state index contributed by atoms with van der Waals surface area (Å²) < 4.78 is 5.32. The molecule has 0 aromatic carbocycles. The van der Waals surface area contributed by atoms with Gasteiger partial charge in [0, 0.05) is 0 Å². The Balaban J connectivity index is 3.88. The SMILES string of the molecule is CC(C)(C)C(C)(C)COCCO. The van der Waals surface area contributed by atoms with Gasteiger partial charge in [0.25, 0.3) is 0 Å². The fourth-order valence-electron chi connectivity index (χ4n) is 0.608. The molecule has 0 saturated heterocycles. The maximum absolute atomic E-state index is 8.54. The molecule has 0 amide bonds. The van der Waals surface area contributed by atoms with Gasteiger partial charge in [-0.15, -0.1) is 0 Å². The highest BCUT2D eigenvalue weighted by atomic mass is 16.5. The van der Waals surface area contributed by atoms with E-state index < -0.39 is 0 Å². The van der Waals surface area contributed by atoms with Gasteiger partial charge in [-0.3, -0.25) is 0 Å². The highest BCUT2D eigenvalue weighted by Crippen LogP contribution is 2.37. The third kappa shape index (κ3) is 3.55. The van der Waals surface area contributed by atoms with Crippen molar-refractivity contribution >= 4 is 0 Å². The van der Waals surface area contributed by atoms with Gasteiger partial charge in [-0.1, -0.05) is 34.6 Å². The number of ether oxygens (including phenoxy) is 1. The largest absolute Gasteiger partial charge is 0.394 e. The second kappa shape index (κ2) is 4.24. The summed E-state index contributed by atoms with van der Waals surface area (Å²) >= 11 is 0. The topological polar surface area (TPSA) is 29.5 Å². The molecule has 0 aliphatic heterocycles. The van der Waals surface area contributed by atoms with Gasteiger partial charge in [-0.25, -0.2) is 0 Å². The summed E-state index contributed by atoms with van der Waals surface area (Å²) in [5, 5.41) is 8.54. The smallest absolute Gasteiger partial charge is 0.0697 e. The van der Waals surface area contributed by atoms with Crippen molar-refractivity contribution in [2.45, 2.75) is 34.6 Å².